The molecular weight excluding hydrogens is 224 g/mol. The first-order valence-electron chi connectivity index (χ1n) is 4.82. The van der Waals surface area contributed by atoms with Crippen molar-refractivity contribution in [1.82, 2.24) is 9.97 Å². The van der Waals surface area contributed by atoms with Crippen molar-refractivity contribution in [2.45, 2.75) is 6.42 Å². The highest BCUT2D eigenvalue weighted by Gasteiger charge is 2.03. The second kappa shape index (κ2) is 4.82. The number of fused-ring (bicyclic) bond motifs is 1. The fourth-order valence-corrected chi connectivity index (χ4v) is 1.50. The van der Waals surface area contributed by atoms with E-state index >= 15 is 0 Å². The molecule has 0 saturated carbocycles. The van der Waals surface area contributed by atoms with E-state index in [9.17, 15) is 4.79 Å². The lowest BCUT2D eigenvalue weighted by Gasteiger charge is -1.92. The number of aromatic nitrogens is 2. The first-order valence-corrected chi connectivity index (χ1v) is 5.35. The summed E-state index contributed by atoms with van der Waals surface area (Å²) in [5, 5.41) is 0.799. The Morgan fingerprint density at radius 1 is 1.56 bits per heavy atom. The fraction of sp³-hybridized carbons (Fsp3) is 0.167. The molecule has 2 aromatic rings. The first-order chi connectivity index (χ1) is 7.85. The summed E-state index contributed by atoms with van der Waals surface area (Å²) in [6.07, 6.45) is 4.76. The Balaban J connectivity index is 2.43. The first kappa shape index (κ1) is 10.7. The lowest BCUT2D eigenvalue weighted by molar-refractivity contribution is 0.112. The molecule has 0 aliphatic rings. The molecule has 0 atom stereocenters. The minimum atomic E-state index is 0.520. The third-order valence-electron chi connectivity index (χ3n) is 2.14. The van der Waals surface area contributed by atoms with Gasteiger partial charge in [-0.2, -0.15) is 0 Å². The standard InChI is InChI=1S/C12H9ClN2O/c13-4-2-1-3-9-5-11-10(8-16)7-15-12(11)14-6-9/h5-8H,2,4H2,(H,14,15). The number of pyridine rings is 1. The van der Waals surface area contributed by atoms with Gasteiger partial charge in [0.05, 0.1) is 0 Å². The zero-order chi connectivity index (χ0) is 11.4. The van der Waals surface area contributed by atoms with Gasteiger partial charge in [0, 0.05) is 41.2 Å². The average Bonchev–Trinajstić information content (AvgIpc) is 2.71. The van der Waals surface area contributed by atoms with E-state index in [0.29, 0.717) is 23.5 Å². The number of rotatable bonds is 2. The molecule has 2 heterocycles. The molecule has 80 valence electrons. The van der Waals surface area contributed by atoms with Crippen molar-refractivity contribution >= 4 is 28.9 Å². The zero-order valence-corrected chi connectivity index (χ0v) is 9.21. The summed E-state index contributed by atoms with van der Waals surface area (Å²) in [6, 6.07) is 1.85. The van der Waals surface area contributed by atoms with E-state index in [0.717, 1.165) is 17.2 Å². The van der Waals surface area contributed by atoms with Crippen LogP contribution in [0.25, 0.3) is 11.0 Å². The van der Waals surface area contributed by atoms with Gasteiger partial charge in [-0.05, 0) is 6.07 Å². The van der Waals surface area contributed by atoms with Crippen LogP contribution in [0.5, 0.6) is 0 Å². The number of hydrogen-bond donors (Lipinski definition) is 1. The Hall–Kier alpha value is -1.79. The van der Waals surface area contributed by atoms with Gasteiger partial charge in [0.2, 0.25) is 0 Å². The molecule has 0 aromatic carbocycles. The van der Waals surface area contributed by atoms with E-state index in [1.807, 2.05) is 6.07 Å². The number of carbonyl (C=O) groups is 1. The summed E-state index contributed by atoms with van der Waals surface area (Å²) in [5.41, 5.74) is 2.09. The Kier molecular flexibility index (Phi) is 3.23. The molecule has 0 fully saturated rings. The van der Waals surface area contributed by atoms with Gasteiger partial charge in [0.25, 0.3) is 0 Å². The van der Waals surface area contributed by atoms with Crippen LogP contribution in [0.3, 0.4) is 0 Å². The lowest BCUT2D eigenvalue weighted by Crippen LogP contribution is -1.82. The van der Waals surface area contributed by atoms with Gasteiger partial charge in [-0.25, -0.2) is 4.98 Å². The summed E-state index contributed by atoms with van der Waals surface area (Å²) in [6.45, 7) is 0. The van der Waals surface area contributed by atoms with Crippen molar-refractivity contribution in [3.8, 4) is 11.8 Å². The topological polar surface area (TPSA) is 45.8 Å². The maximum absolute atomic E-state index is 10.8. The molecule has 0 amide bonds. The molecule has 0 saturated heterocycles. The smallest absolute Gasteiger partial charge is 0.152 e. The van der Waals surface area contributed by atoms with Gasteiger partial charge >= 0.3 is 0 Å². The summed E-state index contributed by atoms with van der Waals surface area (Å²) >= 11 is 5.52. The molecule has 2 rings (SSSR count). The Labute approximate surface area is 97.8 Å². The van der Waals surface area contributed by atoms with Crippen molar-refractivity contribution in [2.24, 2.45) is 0 Å². The summed E-state index contributed by atoms with van der Waals surface area (Å²) in [4.78, 5) is 17.9. The highest BCUT2D eigenvalue weighted by atomic mass is 35.5. The number of nitrogens with zero attached hydrogens (tertiary/aromatic N) is 1. The number of aromatic amines is 1. The number of carbonyl (C=O) groups excluding carboxylic acids is 1. The molecule has 4 heteroatoms. The van der Waals surface area contributed by atoms with Crippen LogP contribution in [0.2, 0.25) is 0 Å². The van der Waals surface area contributed by atoms with E-state index in [-0.39, 0.29) is 0 Å². The van der Waals surface area contributed by atoms with Gasteiger partial charge in [0.15, 0.2) is 6.29 Å². The Morgan fingerprint density at radius 2 is 2.44 bits per heavy atom. The molecule has 0 radical (unpaired) electrons. The van der Waals surface area contributed by atoms with Crippen LogP contribution in [0.4, 0.5) is 0 Å². The SMILES string of the molecule is O=Cc1c[nH]c2ncc(C#CCCCl)cc12. The van der Waals surface area contributed by atoms with E-state index in [1.54, 1.807) is 12.4 Å². The van der Waals surface area contributed by atoms with Crippen LogP contribution in [0.1, 0.15) is 22.3 Å². The van der Waals surface area contributed by atoms with E-state index in [4.69, 9.17) is 11.6 Å². The second-order valence-electron chi connectivity index (χ2n) is 3.22. The van der Waals surface area contributed by atoms with Crippen LogP contribution in [-0.2, 0) is 0 Å². The van der Waals surface area contributed by atoms with E-state index in [1.165, 1.54) is 0 Å². The molecule has 0 bridgehead atoms. The average molecular weight is 233 g/mol. The van der Waals surface area contributed by atoms with Crippen LogP contribution >= 0.6 is 11.6 Å². The van der Waals surface area contributed by atoms with Crippen LogP contribution in [-0.4, -0.2) is 22.1 Å². The predicted molar refractivity (Wildman–Crippen MR) is 63.7 cm³/mol. The zero-order valence-electron chi connectivity index (χ0n) is 8.46. The Bertz CT molecular complexity index is 577. The highest BCUT2D eigenvalue weighted by molar-refractivity contribution is 6.18. The van der Waals surface area contributed by atoms with Gasteiger partial charge < -0.3 is 4.98 Å². The van der Waals surface area contributed by atoms with Gasteiger partial charge in [-0.15, -0.1) is 11.6 Å². The number of alkyl halides is 1. The van der Waals surface area contributed by atoms with Crippen molar-refractivity contribution in [1.29, 1.82) is 0 Å². The molecular formula is C12H9ClN2O. The fourth-order valence-electron chi connectivity index (χ4n) is 1.40. The van der Waals surface area contributed by atoms with E-state index in [2.05, 4.69) is 21.8 Å². The second-order valence-corrected chi connectivity index (χ2v) is 3.60. The molecule has 2 aromatic heterocycles. The summed E-state index contributed by atoms with van der Waals surface area (Å²) < 4.78 is 0. The van der Waals surface area contributed by atoms with Gasteiger partial charge in [-0.3, -0.25) is 4.79 Å². The summed E-state index contributed by atoms with van der Waals surface area (Å²) in [7, 11) is 0. The van der Waals surface area contributed by atoms with Crippen molar-refractivity contribution < 1.29 is 4.79 Å². The number of aldehydes is 1. The monoisotopic (exact) mass is 232 g/mol. The maximum Gasteiger partial charge on any atom is 0.152 e. The highest BCUT2D eigenvalue weighted by Crippen LogP contribution is 2.15. The normalized spacial score (nSPS) is 9.81. The van der Waals surface area contributed by atoms with Crippen molar-refractivity contribution in [3.63, 3.8) is 0 Å². The quantitative estimate of drug-likeness (QED) is 0.491. The van der Waals surface area contributed by atoms with Crippen LogP contribution < -0.4 is 0 Å². The van der Waals surface area contributed by atoms with Crippen LogP contribution in [0, 0.1) is 11.8 Å². The van der Waals surface area contributed by atoms with Gasteiger partial charge in [0.1, 0.15) is 5.65 Å². The number of H-pyrrole nitrogens is 1. The molecule has 16 heavy (non-hydrogen) atoms. The van der Waals surface area contributed by atoms with Crippen LogP contribution in [0.15, 0.2) is 18.5 Å². The molecule has 0 spiro atoms. The number of hydrogen-bond acceptors (Lipinski definition) is 2. The molecule has 1 N–H and O–H groups in total. The third-order valence-corrected chi connectivity index (χ3v) is 2.33. The Morgan fingerprint density at radius 3 is 3.19 bits per heavy atom. The van der Waals surface area contributed by atoms with Crippen molar-refractivity contribution in [3.05, 3.63) is 29.6 Å². The molecule has 0 aliphatic heterocycles. The van der Waals surface area contributed by atoms with E-state index < -0.39 is 0 Å². The minimum Gasteiger partial charge on any atom is -0.345 e. The molecule has 0 aliphatic carbocycles. The maximum atomic E-state index is 10.8. The third kappa shape index (κ3) is 2.07. The number of nitrogens with one attached hydrogen (secondary N) is 1. The summed E-state index contributed by atoms with van der Waals surface area (Å²) in [5.74, 6) is 6.40. The largest absolute Gasteiger partial charge is 0.345 e. The molecule has 3 nitrogen and oxygen atoms in total. The van der Waals surface area contributed by atoms with Gasteiger partial charge in [-0.1, -0.05) is 11.8 Å². The van der Waals surface area contributed by atoms with Crippen molar-refractivity contribution in [2.75, 3.05) is 5.88 Å². The predicted octanol–water partition coefficient (Wildman–Crippen LogP) is 2.36. The number of halogens is 1. The molecule has 0 unspecified atom stereocenters. The lowest BCUT2D eigenvalue weighted by atomic mass is 10.2. The minimum absolute atomic E-state index is 0.520.